The Labute approximate surface area is 116 Å². The fourth-order valence-corrected chi connectivity index (χ4v) is 2.64. The third kappa shape index (κ3) is 3.12. The average molecular weight is 280 g/mol. The molecule has 0 bridgehead atoms. The van der Waals surface area contributed by atoms with E-state index in [1.54, 1.807) is 18.9 Å². The van der Waals surface area contributed by atoms with Gasteiger partial charge in [-0.05, 0) is 29.8 Å². The molecule has 0 aliphatic heterocycles. The molecule has 2 aromatic carbocycles. The molecule has 0 atom stereocenters. The van der Waals surface area contributed by atoms with Crippen LogP contribution in [0.25, 0.3) is 0 Å². The summed E-state index contributed by atoms with van der Waals surface area (Å²) >= 11 is 7.54. The van der Waals surface area contributed by atoms with Gasteiger partial charge in [0.05, 0.1) is 12.8 Å². The van der Waals surface area contributed by atoms with Crippen molar-refractivity contribution in [3.05, 3.63) is 53.1 Å². The largest absolute Gasteiger partial charge is 0.495 e. The molecule has 2 nitrogen and oxygen atoms in total. The molecule has 2 aromatic rings. The maximum Gasteiger partial charge on any atom is 0.142 e. The van der Waals surface area contributed by atoms with E-state index < -0.39 is 0 Å². The summed E-state index contributed by atoms with van der Waals surface area (Å²) in [6.45, 7) is 0. The molecule has 0 unspecified atom stereocenters. The molecule has 0 fully saturated rings. The number of ether oxygens (including phenoxy) is 1. The highest BCUT2D eigenvalue weighted by molar-refractivity contribution is 7.98. The number of halogens is 1. The number of hydrogen-bond acceptors (Lipinski definition) is 3. The van der Waals surface area contributed by atoms with Crippen molar-refractivity contribution in [3.8, 4) is 5.75 Å². The summed E-state index contributed by atoms with van der Waals surface area (Å²) < 4.78 is 5.20. The highest BCUT2D eigenvalue weighted by atomic mass is 35.5. The molecule has 0 aliphatic carbocycles. The summed E-state index contributed by atoms with van der Waals surface area (Å²) in [5.74, 6) is 1.57. The Bertz CT molecular complexity index is 528. The minimum absolute atomic E-state index is 0.693. The number of benzene rings is 2. The molecule has 0 spiro atoms. The summed E-state index contributed by atoms with van der Waals surface area (Å²) in [6, 6.07) is 13.6. The fourth-order valence-electron chi connectivity index (χ4n) is 1.57. The van der Waals surface area contributed by atoms with Crippen molar-refractivity contribution in [3.63, 3.8) is 0 Å². The third-order valence-corrected chi connectivity index (χ3v) is 3.95. The van der Waals surface area contributed by atoms with Gasteiger partial charge < -0.3 is 10.5 Å². The topological polar surface area (TPSA) is 35.2 Å². The van der Waals surface area contributed by atoms with Crippen LogP contribution in [-0.4, -0.2) is 7.11 Å². The zero-order valence-electron chi connectivity index (χ0n) is 10.0. The van der Waals surface area contributed by atoms with E-state index in [1.807, 2.05) is 42.5 Å². The number of nitrogens with two attached hydrogens (primary N) is 1. The molecule has 94 valence electrons. The number of anilines is 1. The molecule has 2 N–H and O–H groups in total. The SMILES string of the molecule is COc1cccc(SCc2ccc(Cl)cc2)c1N. The first-order chi connectivity index (χ1) is 8.70. The highest BCUT2D eigenvalue weighted by Crippen LogP contribution is 2.34. The first-order valence-electron chi connectivity index (χ1n) is 5.50. The lowest BCUT2D eigenvalue weighted by atomic mass is 10.2. The molecule has 0 saturated heterocycles. The maximum atomic E-state index is 6.02. The summed E-state index contributed by atoms with van der Waals surface area (Å²) in [4.78, 5) is 1.03. The van der Waals surface area contributed by atoms with Crippen LogP contribution >= 0.6 is 23.4 Å². The summed E-state index contributed by atoms with van der Waals surface area (Å²) in [6.07, 6.45) is 0. The van der Waals surface area contributed by atoms with E-state index in [9.17, 15) is 0 Å². The minimum atomic E-state index is 0.693. The van der Waals surface area contributed by atoms with Crippen molar-refractivity contribution in [1.29, 1.82) is 0 Å². The number of rotatable bonds is 4. The fraction of sp³-hybridized carbons (Fsp3) is 0.143. The Kier molecular flexibility index (Phi) is 4.39. The average Bonchev–Trinajstić information content (AvgIpc) is 2.39. The predicted molar refractivity (Wildman–Crippen MR) is 78.4 cm³/mol. The number of methoxy groups -OCH3 is 1. The molecule has 18 heavy (non-hydrogen) atoms. The second-order valence-electron chi connectivity index (χ2n) is 3.79. The van der Waals surface area contributed by atoms with Gasteiger partial charge in [0.25, 0.3) is 0 Å². The number of thioether (sulfide) groups is 1. The van der Waals surface area contributed by atoms with Gasteiger partial charge >= 0.3 is 0 Å². The number of nitrogen functional groups attached to an aromatic ring is 1. The maximum absolute atomic E-state index is 6.02. The van der Waals surface area contributed by atoms with Gasteiger partial charge in [-0.3, -0.25) is 0 Å². The lowest BCUT2D eigenvalue weighted by Crippen LogP contribution is -1.94. The lowest BCUT2D eigenvalue weighted by Gasteiger charge is -2.09. The first kappa shape index (κ1) is 13.1. The van der Waals surface area contributed by atoms with Crippen LogP contribution in [0.5, 0.6) is 5.75 Å². The summed E-state index contributed by atoms with van der Waals surface area (Å²) in [7, 11) is 1.62. The Morgan fingerprint density at radius 2 is 1.89 bits per heavy atom. The zero-order valence-corrected chi connectivity index (χ0v) is 11.6. The minimum Gasteiger partial charge on any atom is -0.495 e. The predicted octanol–water partition coefficient (Wildman–Crippen LogP) is 4.22. The van der Waals surface area contributed by atoms with E-state index in [4.69, 9.17) is 22.1 Å². The van der Waals surface area contributed by atoms with Crippen molar-refractivity contribution in [2.24, 2.45) is 0 Å². The standard InChI is InChI=1S/C14H14ClNOS/c1-17-12-3-2-4-13(14(12)16)18-9-10-5-7-11(15)8-6-10/h2-8H,9,16H2,1H3. The van der Waals surface area contributed by atoms with Crippen LogP contribution in [0.3, 0.4) is 0 Å². The van der Waals surface area contributed by atoms with E-state index in [1.165, 1.54) is 5.56 Å². The second kappa shape index (κ2) is 6.03. The third-order valence-electron chi connectivity index (χ3n) is 2.55. The monoisotopic (exact) mass is 279 g/mol. The summed E-state index contributed by atoms with van der Waals surface area (Å²) in [5.41, 5.74) is 7.92. The molecule has 0 aliphatic rings. The van der Waals surface area contributed by atoms with Gasteiger partial charge in [0.1, 0.15) is 5.75 Å². The number of para-hydroxylation sites is 1. The van der Waals surface area contributed by atoms with Crippen LogP contribution < -0.4 is 10.5 Å². The molecule has 2 rings (SSSR count). The quantitative estimate of drug-likeness (QED) is 0.672. The molecule has 0 heterocycles. The van der Waals surface area contributed by atoms with Gasteiger partial charge in [-0.1, -0.05) is 29.8 Å². The second-order valence-corrected chi connectivity index (χ2v) is 5.24. The van der Waals surface area contributed by atoms with E-state index in [0.717, 1.165) is 21.4 Å². The number of hydrogen-bond donors (Lipinski definition) is 1. The van der Waals surface area contributed by atoms with Crippen LogP contribution in [-0.2, 0) is 5.75 Å². The molecule has 0 saturated carbocycles. The highest BCUT2D eigenvalue weighted by Gasteiger charge is 2.05. The molecule has 0 aromatic heterocycles. The van der Waals surface area contributed by atoms with Crippen LogP contribution in [0, 0.1) is 0 Å². The van der Waals surface area contributed by atoms with E-state index in [2.05, 4.69) is 0 Å². The smallest absolute Gasteiger partial charge is 0.142 e. The van der Waals surface area contributed by atoms with Crippen molar-refractivity contribution < 1.29 is 4.74 Å². The van der Waals surface area contributed by atoms with E-state index >= 15 is 0 Å². The molecular formula is C14H14ClNOS. The first-order valence-corrected chi connectivity index (χ1v) is 6.87. The van der Waals surface area contributed by atoms with Gasteiger partial charge in [0, 0.05) is 15.7 Å². The Hall–Kier alpha value is -1.32. The van der Waals surface area contributed by atoms with Crippen molar-refractivity contribution in [1.82, 2.24) is 0 Å². The van der Waals surface area contributed by atoms with E-state index in [0.29, 0.717) is 5.69 Å². The van der Waals surface area contributed by atoms with Gasteiger partial charge in [0.2, 0.25) is 0 Å². The van der Waals surface area contributed by atoms with Gasteiger partial charge in [-0.15, -0.1) is 11.8 Å². The molecule has 0 amide bonds. The van der Waals surface area contributed by atoms with Crippen LogP contribution in [0.2, 0.25) is 5.02 Å². The van der Waals surface area contributed by atoms with Crippen molar-refractivity contribution in [2.45, 2.75) is 10.6 Å². The van der Waals surface area contributed by atoms with Crippen LogP contribution in [0.4, 0.5) is 5.69 Å². The van der Waals surface area contributed by atoms with Gasteiger partial charge in [0.15, 0.2) is 0 Å². The van der Waals surface area contributed by atoms with Gasteiger partial charge in [-0.25, -0.2) is 0 Å². The Balaban J connectivity index is 2.08. The summed E-state index contributed by atoms with van der Waals surface area (Å²) in [5, 5.41) is 0.754. The zero-order chi connectivity index (χ0) is 13.0. The van der Waals surface area contributed by atoms with Crippen LogP contribution in [0.1, 0.15) is 5.56 Å². The van der Waals surface area contributed by atoms with Gasteiger partial charge in [-0.2, -0.15) is 0 Å². The lowest BCUT2D eigenvalue weighted by molar-refractivity contribution is 0.416. The molecule has 4 heteroatoms. The van der Waals surface area contributed by atoms with Crippen molar-refractivity contribution in [2.75, 3.05) is 12.8 Å². The molecular weight excluding hydrogens is 266 g/mol. The van der Waals surface area contributed by atoms with Crippen LogP contribution in [0.15, 0.2) is 47.4 Å². The Morgan fingerprint density at radius 1 is 1.17 bits per heavy atom. The molecule has 0 radical (unpaired) electrons. The normalized spacial score (nSPS) is 10.3. The van der Waals surface area contributed by atoms with E-state index in [-0.39, 0.29) is 0 Å². The Morgan fingerprint density at radius 3 is 2.56 bits per heavy atom. The van der Waals surface area contributed by atoms with Crippen molar-refractivity contribution >= 4 is 29.1 Å².